The molecule has 20 heavy (non-hydrogen) atoms. The van der Waals surface area contributed by atoms with Gasteiger partial charge in [-0.3, -0.25) is 0 Å². The summed E-state index contributed by atoms with van der Waals surface area (Å²) < 4.78 is 5.90. The van der Waals surface area contributed by atoms with Crippen LogP contribution in [-0.4, -0.2) is 10.2 Å². The van der Waals surface area contributed by atoms with Crippen molar-refractivity contribution in [3.63, 3.8) is 0 Å². The summed E-state index contributed by atoms with van der Waals surface area (Å²) in [6.45, 7) is 4.06. The van der Waals surface area contributed by atoms with Gasteiger partial charge in [-0.05, 0) is 31.5 Å². The zero-order chi connectivity index (χ0) is 14.1. The minimum absolute atomic E-state index is 0.383. The molecule has 0 fully saturated rings. The highest BCUT2D eigenvalue weighted by Crippen LogP contribution is 2.31. The Bertz CT molecular complexity index is 787. The fourth-order valence-electron chi connectivity index (χ4n) is 2.14. The molecule has 3 aromatic rings. The third-order valence-electron chi connectivity index (χ3n) is 3.15. The number of fused-ring (bicyclic) bond motifs is 1. The lowest BCUT2D eigenvalue weighted by molar-refractivity contribution is 0.458. The third kappa shape index (κ3) is 2.32. The van der Waals surface area contributed by atoms with Crippen molar-refractivity contribution in [1.82, 2.24) is 10.2 Å². The van der Waals surface area contributed by atoms with Gasteiger partial charge in [0.1, 0.15) is 5.75 Å². The number of aromatic nitrogens is 2. The third-order valence-corrected chi connectivity index (χ3v) is 3.42. The van der Waals surface area contributed by atoms with Crippen LogP contribution in [0.25, 0.3) is 10.8 Å². The van der Waals surface area contributed by atoms with Crippen molar-refractivity contribution in [1.29, 1.82) is 0 Å². The van der Waals surface area contributed by atoms with Crippen molar-refractivity contribution in [3.05, 3.63) is 58.7 Å². The van der Waals surface area contributed by atoms with Gasteiger partial charge in [-0.2, -0.15) is 0 Å². The first-order valence-electron chi connectivity index (χ1n) is 6.31. The van der Waals surface area contributed by atoms with Gasteiger partial charge in [-0.1, -0.05) is 47.5 Å². The lowest BCUT2D eigenvalue weighted by Gasteiger charge is -2.10. The topological polar surface area (TPSA) is 35.0 Å². The predicted octanol–water partition coefficient (Wildman–Crippen LogP) is 4.69. The number of nitrogens with zero attached hydrogens (tertiary/aromatic N) is 2. The van der Waals surface area contributed by atoms with Crippen LogP contribution in [0.15, 0.2) is 42.5 Å². The molecule has 0 amide bonds. The van der Waals surface area contributed by atoms with Crippen LogP contribution in [-0.2, 0) is 0 Å². The summed E-state index contributed by atoms with van der Waals surface area (Å²) in [6, 6.07) is 13.7. The minimum Gasteiger partial charge on any atom is -0.437 e. The van der Waals surface area contributed by atoms with E-state index in [0.29, 0.717) is 11.0 Å². The van der Waals surface area contributed by atoms with E-state index in [4.69, 9.17) is 16.3 Å². The number of ether oxygens (including phenoxy) is 1. The molecule has 0 bridgehead atoms. The molecule has 1 aromatic heterocycles. The van der Waals surface area contributed by atoms with Crippen LogP contribution in [0.5, 0.6) is 11.6 Å². The van der Waals surface area contributed by atoms with E-state index in [1.807, 2.05) is 50.2 Å². The molecular weight excluding hydrogens is 272 g/mol. The fourth-order valence-corrected chi connectivity index (χ4v) is 2.34. The largest absolute Gasteiger partial charge is 0.437 e. The maximum atomic E-state index is 6.05. The molecule has 0 spiro atoms. The van der Waals surface area contributed by atoms with Crippen LogP contribution in [0.2, 0.25) is 5.15 Å². The molecule has 2 aromatic carbocycles. The molecule has 3 rings (SSSR count). The zero-order valence-corrected chi connectivity index (χ0v) is 12.0. The monoisotopic (exact) mass is 284 g/mol. The molecule has 100 valence electrons. The maximum absolute atomic E-state index is 6.05. The molecule has 0 unspecified atom stereocenters. The van der Waals surface area contributed by atoms with E-state index in [2.05, 4.69) is 16.3 Å². The standard InChI is InChI=1S/C16H13ClN2O/c1-10-7-8-14(11(2)9-10)20-16-13-6-4-3-5-12(13)15(17)18-19-16/h3-9H,1-2H3. The molecule has 0 atom stereocenters. The fraction of sp³-hybridized carbons (Fsp3) is 0.125. The van der Waals surface area contributed by atoms with E-state index in [-0.39, 0.29) is 0 Å². The number of hydrogen-bond donors (Lipinski definition) is 0. The lowest BCUT2D eigenvalue weighted by atomic mass is 10.1. The minimum atomic E-state index is 0.383. The number of halogens is 1. The van der Waals surface area contributed by atoms with Gasteiger partial charge < -0.3 is 4.74 Å². The lowest BCUT2D eigenvalue weighted by Crippen LogP contribution is -1.95. The van der Waals surface area contributed by atoms with Crippen LogP contribution >= 0.6 is 11.6 Å². The van der Waals surface area contributed by atoms with Gasteiger partial charge in [0.2, 0.25) is 5.88 Å². The predicted molar refractivity (Wildman–Crippen MR) is 80.5 cm³/mol. The normalized spacial score (nSPS) is 10.8. The first kappa shape index (κ1) is 12.9. The molecule has 4 heteroatoms. The Morgan fingerprint density at radius 2 is 1.70 bits per heavy atom. The van der Waals surface area contributed by atoms with Crippen molar-refractivity contribution in [2.45, 2.75) is 13.8 Å². The summed E-state index contributed by atoms with van der Waals surface area (Å²) in [4.78, 5) is 0. The summed E-state index contributed by atoms with van der Waals surface area (Å²) in [5, 5.41) is 10.1. The molecule has 0 aliphatic rings. The summed E-state index contributed by atoms with van der Waals surface area (Å²) >= 11 is 6.05. The Balaban J connectivity index is 2.09. The second kappa shape index (κ2) is 5.10. The average molecular weight is 285 g/mol. The van der Waals surface area contributed by atoms with Crippen LogP contribution in [0.4, 0.5) is 0 Å². The van der Waals surface area contributed by atoms with Crippen LogP contribution < -0.4 is 4.74 Å². The zero-order valence-electron chi connectivity index (χ0n) is 11.2. The summed E-state index contributed by atoms with van der Waals surface area (Å²) in [6.07, 6.45) is 0. The van der Waals surface area contributed by atoms with Gasteiger partial charge in [0.25, 0.3) is 0 Å². The Hall–Kier alpha value is -2.13. The van der Waals surface area contributed by atoms with Crippen LogP contribution in [0.1, 0.15) is 11.1 Å². The van der Waals surface area contributed by atoms with Crippen molar-refractivity contribution >= 4 is 22.4 Å². The Labute approximate surface area is 122 Å². The quantitative estimate of drug-likeness (QED) is 0.684. The van der Waals surface area contributed by atoms with E-state index >= 15 is 0 Å². The van der Waals surface area contributed by atoms with E-state index in [1.165, 1.54) is 5.56 Å². The van der Waals surface area contributed by atoms with Crippen molar-refractivity contribution < 1.29 is 4.74 Å². The summed E-state index contributed by atoms with van der Waals surface area (Å²) in [5.74, 6) is 1.24. The first-order valence-corrected chi connectivity index (χ1v) is 6.69. The highest BCUT2D eigenvalue weighted by molar-refractivity contribution is 6.34. The second-order valence-corrected chi connectivity index (χ2v) is 5.07. The van der Waals surface area contributed by atoms with Gasteiger partial charge >= 0.3 is 0 Å². The van der Waals surface area contributed by atoms with E-state index in [9.17, 15) is 0 Å². The van der Waals surface area contributed by atoms with Gasteiger partial charge in [0.15, 0.2) is 5.15 Å². The molecule has 0 radical (unpaired) electrons. The molecule has 0 aliphatic heterocycles. The number of aryl methyl sites for hydroxylation is 2. The maximum Gasteiger partial charge on any atom is 0.246 e. The van der Waals surface area contributed by atoms with E-state index in [0.717, 1.165) is 22.1 Å². The van der Waals surface area contributed by atoms with Crippen molar-refractivity contribution in [2.75, 3.05) is 0 Å². The van der Waals surface area contributed by atoms with E-state index in [1.54, 1.807) is 0 Å². The Morgan fingerprint density at radius 3 is 2.45 bits per heavy atom. The molecule has 0 N–H and O–H groups in total. The average Bonchev–Trinajstić information content (AvgIpc) is 2.45. The van der Waals surface area contributed by atoms with E-state index < -0.39 is 0 Å². The van der Waals surface area contributed by atoms with Gasteiger partial charge in [-0.15, -0.1) is 10.2 Å². The summed E-state index contributed by atoms with van der Waals surface area (Å²) in [7, 11) is 0. The molecule has 3 nitrogen and oxygen atoms in total. The van der Waals surface area contributed by atoms with Gasteiger partial charge in [-0.25, -0.2) is 0 Å². The molecule has 0 saturated carbocycles. The molecule has 0 saturated heterocycles. The highest BCUT2D eigenvalue weighted by atomic mass is 35.5. The van der Waals surface area contributed by atoms with Crippen molar-refractivity contribution in [2.24, 2.45) is 0 Å². The van der Waals surface area contributed by atoms with Crippen LogP contribution in [0, 0.1) is 13.8 Å². The Kier molecular flexibility index (Phi) is 3.28. The first-order chi connectivity index (χ1) is 9.65. The number of rotatable bonds is 2. The SMILES string of the molecule is Cc1ccc(Oc2nnc(Cl)c3ccccc23)c(C)c1. The molecular formula is C16H13ClN2O. The smallest absolute Gasteiger partial charge is 0.246 e. The van der Waals surface area contributed by atoms with Gasteiger partial charge in [0, 0.05) is 10.8 Å². The number of hydrogen-bond acceptors (Lipinski definition) is 3. The molecule has 1 heterocycles. The number of benzene rings is 2. The Morgan fingerprint density at radius 1 is 0.950 bits per heavy atom. The van der Waals surface area contributed by atoms with Crippen LogP contribution in [0.3, 0.4) is 0 Å². The van der Waals surface area contributed by atoms with Crippen molar-refractivity contribution in [3.8, 4) is 11.6 Å². The highest BCUT2D eigenvalue weighted by Gasteiger charge is 2.10. The summed E-state index contributed by atoms with van der Waals surface area (Å²) in [5.41, 5.74) is 2.26. The van der Waals surface area contributed by atoms with Gasteiger partial charge in [0.05, 0.1) is 0 Å². The molecule has 0 aliphatic carbocycles. The second-order valence-electron chi connectivity index (χ2n) is 4.71.